The molecule has 2 aliphatic heterocycles. The van der Waals surface area contributed by atoms with Gasteiger partial charge in [-0.2, -0.15) is 0 Å². The molecular formula is C11H20N4O3S. The van der Waals surface area contributed by atoms with Crippen molar-refractivity contribution in [2.24, 2.45) is 11.5 Å². The predicted molar refractivity (Wildman–Crippen MR) is 72.2 cm³/mol. The Labute approximate surface area is 116 Å². The molecule has 2 fully saturated rings. The van der Waals surface area contributed by atoms with Crippen LogP contribution in [0.4, 0.5) is 0 Å². The lowest BCUT2D eigenvalue weighted by atomic mass is 10.0. The molecule has 2 amide bonds. The van der Waals surface area contributed by atoms with E-state index >= 15 is 0 Å². The van der Waals surface area contributed by atoms with E-state index in [0.29, 0.717) is 18.8 Å². The molecule has 0 aromatic heterocycles. The van der Waals surface area contributed by atoms with Crippen molar-refractivity contribution in [3.05, 3.63) is 0 Å². The van der Waals surface area contributed by atoms with E-state index in [9.17, 15) is 9.59 Å². The van der Waals surface area contributed by atoms with Crippen LogP contribution in [-0.4, -0.2) is 64.2 Å². The summed E-state index contributed by atoms with van der Waals surface area (Å²) >= 11 is 1.63. The molecular weight excluding hydrogens is 268 g/mol. The molecule has 19 heavy (non-hydrogen) atoms. The standard InChI is InChI=1S/C11H20N4O3S/c12-7(4-16)10(18)15-3-1-2-11(6-15)14-8(5-19-11)9(13)17/h7-8,14,16H,1-6,12H2,(H2,13,17)/t7-,8-,11?/m0/s1. The zero-order chi connectivity index (χ0) is 14.0. The third kappa shape index (κ3) is 3.02. The Morgan fingerprint density at radius 3 is 2.89 bits per heavy atom. The second-order valence-corrected chi connectivity index (χ2v) is 6.46. The minimum Gasteiger partial charge on any atom is -0.394 e. The SMILES string of the molecule is NC(=O)[C@@H]1CSC2(CCCN(C(=O)[C@@H](N)CO)C2)N1. The minimum atomic E-state index is -0.867. The van der Waals surface area contributed by atoms with Gasteiger partial charge in [0.25, 0.3) is 0 Å². The van der Waals surface area contributed by atoms with Crippen molar-refractivity contribution in [1.29, 1.82) is 0 Å². The Morgan fingerprint density at radius 1 is 1.58 bits per heavy atom. The summed E-state index contributed by atoms with van der Waals surface area (Å²) in [5.41, 5.74) is 10.9. The zero-order valence-electron chi connectivity index (χ0n) is 10.7. The number of aliphatic hydroxyl groups excluding tert-OH is 1. The van der Waals surface area contributed by atoms with Crippen molar-refractivity contribution in [2.45, 2.75) is 29.8 Å². The molecule has 0 aromatic carbocycles. The molecule has 108 valence electrons. The van der Waals surface area contributed by atoms with Crippen LogP contribution in [0.25, 0.3) is 0 Å². The number of piperidine rings is 1. The Bertz CT molecular complexity index is 381. The number of nitrogens with zero attached hydrogens (tertiary/aromatic N) is 1. The average molecular weight is 288 g/mol. The van der Waals surface area contributed by atoms with Crippen LogP contribution < -0.4 is 16.8 Å². The molecule has 2 aliphatic rings. The molecule has 6 N–H and O–H groups in total. The lowest BCUT2D eigenvalue weighted by molar-refractivity contribution is -0.135. The fraction of sp³-hybridized carbons (Fsp3) is 0.818. The molecule has 0 radical (unpaired) electrons. The van der Waals surface area contributed by atoms with E-state index < -0.39 is 6.04 Å². The normalized spacial score (nSPS) is 32.5. The summed E-state index contributed by atoms with van der Waals surface area (Å²) < 4.78 is 0. The first-order valence-electron chi connectivity index (χ1n) is 6.33. The highest BCUT2D eigenvalue weighted by molar-refractivity contribution is 8.01. The second kappa shape index (κ2) is 5.66. The third-order valence-electron chi connectivity index (χ3n) is 3.59. The number of nitrogens with two attached hydrogens (primary N) is 2. The summed E-state index contributed by atoms with van der Waals surface area (Å²) in [6, 6.07) is -1.21. The van der Waals surface area contributed by atoms with Gasteiger partial charge in [0, 0.05) is 18.8 Å². The smallest absolute Gasteiger partial charge is 0.241 e. The monoisotopic (exact) mass is 288 g/mol. The van der Waals surface area contributed by atoms with Crippen LogP contribution in [0.2, 0.25) is 0 Å². The van der Waals surface area contributed by atoms with Gasteiger partial charge in [0.1, 0.15) is 6.04 Å². The van der Waals surface area contributed by atoms with E-state index in [-0.39, 0.29) is 29.3 Å². The van der Waals surface area contributed by atoms with E-state index in [2.05, 4.69) is 5.32 Å². The van der Waals surface area contributed by atoms with Crippen molar-refractivity contribution < 1.29 is 14.7 Å². The van der Waals surface area contributed by atoms with Gasteiger partial charge in [0.2, 0.25) is 11.8 Å². The van der Waals surface area contributed by atoms with Crippen molar-refractivity contribution >= 4 is 23.6 Å². The Balaban J connectivity index is 2.01. The van der Waals surface area contributed by atoms with Gasteiger partial charge in [-0.15, -0.1) is 11.8 Å². The van der Waals surface area contributed by atoms with E-state index in [1.165, 1.54) is 0 Å². The Kier molecular flexibility index (Phi) is 4.34. The molecule has 2 saturated heterocycles. The summed E-state index contributed by atoms with van der Waals surface area (Å²) in [6.07, 6.45) is 1.73. The number of nitrogens with one attached hydrogen (secondary N) is 1. The number of amides is 2. The summed E-state index contributed by atoms with van der Waals surface area (Å²) in [6.45, 7) is 0.776. The first-order chi connectivity index (χ1) is 8.97. The van der Waals surface area contributed by atoms with Crippen LogP contribution in [-0.2, 0) is 9.59 Å². The number of hydrogen-bond donors (Lipinski definition) is 4. The molecule has 3 atom stereocenters. The first kappa shape index (κ1) is 14.6. The fourth-order valence-electron chi connectivity index (χ4n) is 2.56. The highest BCUT2D eigenvalue weighted by Crippen LogP contribution is 2.37. The van der Waals surface area contributed by atoms with E-state index in [1.54, 1.807) is 16.7 Å². The first-order valence-corrected chi connectivity index (χ1v) is 7.32. The Morgan fingerprint density at radius 2 is 2.32 bits per heavy atom. The van der Waals surface area contributed by atoms with E-state index in [1.807, 2.05) is 0 Å². The molecule has 0 bridgehead atoms. The van der Waals surface area contributed by atoms with Crippen LogP contribution in [0.5, 0.6) is 0 Å². The highest BCUT2D eigenvalue weighted by atomic mass is 32.2. The molecule has 0 aliphatic carbocycles. The second-order valence-electron chi connectivity index (χ2n) is 5.06. The van der Waals surface area contributed by atoms with Gasteiger partial charge < -0.3 is 21.5 Å². The minimum absolute atomic E-state index is 0.244. The van der Waals surface area contributed by atoms with Gasteiger partial charge in [0.05, 0.1) is 17.5 Å². The number of hydrogen-bond acceptors (Lipinski definition) is 6. The summed E-state index contributed by atoms with van der Waals surface area (Å²) in [4.78, 5) is 24.6. The number of rotatable bonds is 3. The summed E-state index contributed by atoms with van der Waals surface area (Å²) in [7, 11) is 0. The van der Waals surface area contributed by atoms with Crippen LogP contribution in [0, 0.1) is 0 Å². The van der Waals surface area contributed by atoms with Crippen molar-refractivity contribution in [1.82, 2.24) is 10.2 Å². The predicted octanol–water partition coefficient (Wildman–Crippen LogP) is -2.18. The van der Waals surface area contributed by atoms with Crippen LogP contribution in [0.3, 0.4) is 0 Å². The van der Waals surface area contributed by atoms with E-state index in [4.69, 9.17) is 16.6 Å². The van der Waals surface area contributed by atoms with Gasteiger partial charge in [-0.3, -0.25) is 14.9 Å². The van der Waals surface area contributed by atoms with Crippen molar-refractivity contribution in [2.75, 3.05) is 25.4 Å². The van der Waals surface area contributed by atoms with Crippen molar-refractivity contribution in [3.8, 4) is 0 Å². The molecule has 0 aromatic rings. The molecule has 7 nitrogen and oxygen atoms in total. The largest absolute Gasteiger partial charge is 0.394 e. The van der Waals surface area contributed by atoms with Crippen LogP contribution >= 0.6 is 11.8 Å². The van der Waals surface area contributed by atoms with Gasteiger partial charge in [-0.05, 0) is 12.8 Å². The lowest BCUT2D eigenvalue weighted by Crippen LogP contribution is -2.59. The zero-order valence-corrected chi connectivity index (χ0v) is 11.5. The molecule has 2 heterocycles. The third-order valence-corrected chi connectivity index (χ3v) is 5.09. The topological polar surface area (TPSA) is 122 Å². The quantitative estimate of drug-likeness (QED) is 0.468. The number of thioether (sulfide) groups is 1. The lowest BCUT2D eigenvalue weighted by Gasteiger charge is -2.40. The molecule has 2 rings (SSSR count). The van der Waals surface area contributed by atoms with Gasteiger partial charge in [-0.1, -0.05) is 0 Å². The maximum atomic E-state index is 12.0. The average Bonchev–Trinajstić information content (AvgIpc) is 2.81. The Hall–Kier alpha value is -0.830. The maximum absolute atomic E-state index is 12.0. The fourth-order valence-corrected chi connectivity index (χ4v) is 4.05. The number of carbonyl (C=O) groups excluding carboxylic acids is 2. The van der Waals surface area contributed by atoms with Gasteiger partial charge in [0.15, 0.2) is 0 Å². The number of aliphatic hydroxyl groups is 1. The number of carbonyl (C=O) groups is 2. The van der Waals surface area contributed by atoms with E-state index in [0.717, 1.165) is 12.8 Å². The van der Waals surface area contributed by atoms with Crippen molar-refractivity contribution in [3.63, 3.8) is 0 Å². The molecule has 8 heteroatoms. The number of likely N-dealkylation sites (tertiary alicyclic amines) is 1. The molecule has 1 unspecified atom stereocenters. The van der Waals surface area contributed by atoms with Crippen LogP contribution in [0.15, 0.2) is 0 Å². The molecule has 0 saturated carbocycles. The molecule has 1 spiro atoms. The maximum Gasteiger partial charge on any atom is 0.241 e. The van der Waals surface area contributed by atoms with Gasteiger partial charge >= 0.3 is 0 Å². The summed E-state index contributed by atoms with van der Waals surface area (Å²) in [5.74, 6) is 0.0232. The number of primary amides is 1. The highest BCUT2D eigenvalue weighted by Gasteiger charge is 2.45. The van der Waals surface area contributed by atoms with Crippen LogP contribution in [0.1, 0.15) is 12.8 Å². The summed E-state index contributed by atoms with van der Waals surface area (Å²) in [5, 5.41) is 12.2. The van der Waals surface area contributed by atoms with Gasteiger partial charge in [-0.25, -0.2) is 0 Å².